The molecule has 0 saturated heterocycles. The summed E-state index contributed by atoms with van der Waals surface area (Å²) >= 11 is 0. The summed E-state index contributed by atoms with van der Waals surface area (Å²) in [7, 11) is 0. The third-order valence-electron chi connectivity index (χ3n) is 2.44. The number of benzene rings is 1. The monoisotopic (exact) mass is 231 g/mol. The van der Waals surface area contributed by atoms with Crippen molar-refractivity contribution in [3.63, 3.8) is 0 Å². The number of aromatic amines is 1. The highest BCUT2D eigenvalue weighted by molar-refractivity contribution is 6.02. The Balaban J connectivity index is 2.24. The van der Waals surface area contributed by atoms with Crippen molar-refractivity contribution in [3.05, 3.63) is 35.2 Å². The number of aromatic nitrogens is 3. The van der Waals surface area contributed by atoms with Gasteiger partial charge < -0.3 is 11.1 Å². The third kappa shape index (κ3) is 2.25. The van der Waals surface area contributed by atoms with E-state index in [0.717, 1.165) is 16.8 Å². The number of nitrogens with zero attached hydrogens (tertiary/aromatic N) is 2. The lowest BCUT2D eigenvalue weighted by Crippen LogP contribution is -2.15. The van der Waals surface area contributed by atoms with E-state index < -0.39 is 0 Å². The number of hydrogen-bond donors (Lipinski definition) is 3. The van der Waals surface area contributed by atoms with Crippen molar-refractivity contribution in [1.29, 1.82) is 0 Å². The van der Waals surface area contributed by atoms with Crippen LogP contribution < -0.4 is 11.1 Å². The SMILES string of the molecule is Cc1cccc(C)c1NC(=O)c1nc(N)n[nH]1. The number of carbonyl (C=O) groups excluding carboxylic acids is 1. The molecule has 0 aliphatic rings. The number of H-pyrrole nitrogens is 1. The van der Waals surface area contributed by atoms with Gasteiger partial charge in [0.15, 0.2) is 0 Å². The zero-order valence-corrected chi connectivity index (χ0v) is 9.61. The van der Waals surface area contributed by atoms with E-state index in [2.05, 4.69) is 20.5 Å². The second kappa shape index (κ2) is 4.25. The second-order valence-electron chi connectivity index (χ2n) is 3.76. The quantitative estimate of drug-likeness (QED) is 0.724. The molecule has 0 atom stereocenters. The van der Waals surface area contributed by atoms with Crippen molar-refractivity contribution in [1.82, 2.24) is 15.2 Å². The molecule has 1 aromatic carbocycles. The molecule has 6 nitrogen and oxygen atoms in total. The maximum absolute atomic E-state index is 11.8. The molecular formula is C11H13N5O. The fourth-order valence-electron chi connectivity index (χ4n) is 1.56. The van der Waals surface area contributed by atoms with Gasteiger partial charge in [-0.3, -0.25) is 9.89 Å². The fourth-order valence-corrected chi connectivity index (χ4v) is 1.56. The molecule has 0 fully saturated rings. The lowest BCUT2D eigenvalue weighted by molar-refractivity contribution is 0.101. The second-order valence-corrected chi connectivity index (χ2v) is 3.76. The summed E-state index contributed by atoms with van der Waals surface area (Å²) in [5.41, 5.74) is 8.10. The summed E-state index contributed by atoms with van der Waals surface area (Å²) in [5.74, 6) is -0.201. The lowest BCUT2D eigenvalue weighted by Gasteiger charge is -2.09. The predicted octanol–water partition coefficient (Wildman–Crippen LogP) is 1.26. The number of nitrogen functional groups attached to an aromatic ring is 1. The van der Waals surface area contributed by atoms with Crippen LogP contribution in [-0.2, 0) is 0 Å². The third-order valence-corrected chi connectivity index (χ3v) is 2.44. The van der Waals surface area contributed by atoms with Crippen LogP contribution in [-0.4, -0.2) is 21.1 Å². The molecule has 1 heterocycles. The van der Waals surface area contributed by atoms with E-state index >= 15 is 0 Å². The molecule has 0 unspecified atom stereocenters. The Morgan fingerprint density at radius 1 is 1.35 bits per heavy atom. The standard InChI is InChI=1S/C11H13N5O/c1-6-4-3-5-7(2)8(6)13-10(17)9-14-11(12)16-15-9/h3-5H,1-2H3,(H,13,17)(H3,12,14,15,16). The van der Waals surface area contributed by atoms with Crippen LogP contribution in [0.15, 0.2) is 18.2 Å². The molecule has 0 aliphatic heterocycles. The molecule has 0 spiro atoms. The highest BCUT2D eigenvalue weighted by Gasteiger charge is 2.12. The number of nitrogens with two attached hydrogens (primary N) is 1. The fraction of sp³-hybridized carbons (Fsp3) is 0.182. The Hall–Kier alpha value is -2.37. The summed E-state index contributed by atoms with van der Waals surface area (Å²) in [6, 6.07) is 5.79. The molecule has 0 saturated carbocycles. The van der Waals surface area contributed by atoms with E-state index in [9.17, 15) is 4.79 Å². The zero-order valence-electron chi connectivity index (χ0n) is 9.61. The van der Waals surface area contributed by atoms with Crippen LogP contribution in [0.4, 0.5) is 11.6 Å². The number of anilines is 2. The van der Waals surface area contributed by atoms with Crippen LogP contribution in [0.25, 0.3) is 0 Å². The van der Waals surface area contributed by atoms with Gasteiger partial charge in [-0.05, 0) is 25.0 Å². The Morgan fingerprint density at radius 2 is 2.00 bits per heavy atom. The van der Waals surface area contributed by atoms with Crippen molar-refractivity contribution in [3.8, 4) is 0 Å². The van der Waals surface area contributed by atoms with Gasteiger partial charge in [0.25, 0.3) is 5.91 Å². The van der Waals surface area contributed by atoms with Gasteiger partial charge in [0, 0.05) is 5.69 Å². The minimum absolute atomic E-state index is 0.0525. The van der Waals surface area contributed by atoms with E-state index in [1.807, 2.05) is 32.0 Å². The van der Waals surface area contributed by atoms with E-state index in [-0.39, 0.29) is 17.7 Å². The maximum atomic E-state index is 11.8. The Bertz CT molecular complexity index is 540. The Morgan fingerprint density at radius 3 is 2.53 bits per heavy atom. The van der Waals surface area contributed by atoms with Gasteiger partial charge >= 0.3 is 0 Å². The first-order valence-corrected chi connectivity index (χ1v) is 5.13. The van der Waals surface area contributed by atoms with Crippen LogP contribution in [0.1, 0.15) is 21.7 Å². The van der Waals surface area contributed by atoms with Crippen molar-refractivity contribution in [2.24, 2.45) is 0 Å². The molecule has 1 aromatic heterocycles. The van der Waals surface area contributed by atoms with Crippen LogP contribution in [0.2, 0.25) is 0 Å². The van der Waals surface area contributed by atoms with Crippen molar-refractivity contribution in [2.75, 3.05) is 11.1 Å². The molecule has 1 amide bonds. The first-order valence-electron chi connectivity index (χ1n) is 5.13. The van der Waals surface area contributed by atoms with Crippen LogP contribution in [0, 0.1) is 13.8 Å². The molecule has 88 valence electrons. The van der Waals surface area contributed by atoms with Crippen molar-refractivity contribution >= 4 is 17.5 Å². The molecule has 0 aliphatic carbocycles. The summed E-state index contributed by atoms with van der Waals surface area (Å²) < 4.78 is 0. The molecular weight excluding hydrogens is 218 g/mol. The molecule has 2 rings (SSSR count). The number of rotatable bonds is 2. The van der Waals surface area contributed by atoms with Gasteiger partial charge in [-0.15, -0.1) is 5.10 Å². The van der Waals surface area contributed by atoms with Crippen LogP contribution >= 0.6 is 0 Å². The van der Waals surface area contributed by atoms with E-state index in [4.69, 9.17) is 5.73 Å². The Labute approximate surface area is 98.3 Å². The maximum Gasteiger partial charge on any atom is 0.293 e. The van der Waals surface area contributed by atoms with Gasteiger partial charge in [-0.1, -0.05) is 18.2 Å². The lowest BCUT2D eigenvalue weighted by atomic mass is 10.1. The average Bonchev–Trinajstić information content (AvgIpc) is 2.70. The van der Waals surface area contributed by atoms with Crippen LogP contribution in [0.5, 0.6) is 0 Å². The minimum atomic E-state index is -0.355. The largest absolute Gasteiger partial charge is 0.366 e. The van der Waals surface area contributed by atoms with E-state index in [1.165, 1.54) is 0 Å². The van der Waals surface area contributed by atoms with Gasteiger partial charge in [-0.25, -0.2) is 0 Å². The average molecular weight is 231 g/mol. The first kappa shape index (κ1) is 11.1. The van der Waals surface area contributed by atoms with Gasteiger partial charge in [-0.2, -0.15) is 4.98 Å². The van der Waals surface area contributed by atoms with E-state index in [1.54, 1.807) is 0 Å². The number of para-hydroxylation sites is 1. The molecule has 0 radical (unpaired) electrons. The molecule has 2 aromatic rings. The Kier molecular flexibility index (Phi) is 2.78. The van der Waals surface area contributed by atoms with Crippen molar-refractivity contribution < 1.29 is 4.79 Å². The zero-order chi connectivity index (χ0) is 12.4. The highest BCUT2D eigenvalue weighted by atomic mass is 16.2. The smallest absolute Gasteiger partial charge is 0.293 e. The molecule has 4 N–H and O–H groups in total. The summed E-state index contributed by atoms with van der Waals surface area (Å²) in [6.07, 6.45) is 0. The molecule has 6 heteroatoms. The van der Waals surface area contributed by atoms with E-state index in [0.29, 0.717) is 0 Å². The van der Waals surface area contributed by atoms with Gasteiger partial charge in [0.2, 0.25) is 11.8 Å². The number of aryl methyl sites for hydroxylation is 2. The summed E-state index contributed by atoms with van der Waals surface area (Å²) in [6.45, 7) is 3.86. The predicted molar refractivity (Wildman–Crippen MR) is 64.7 cm³/mol. The first-order chi connectivity index (χ1) is 8.08. The number of nitrogens with one attached hydrogen (secondary N) is 2. The molecule has 0 bridgehead atoms. The number of amides is 1. The highest BCUT2D eigenvalue weighted by Crippen LogP contribution is 2.19. The summed E-state index contributed by atoms with van der Waals surface area (Å²) in [5, 5.41) is 8.85. The van der Waals surface area contributed by atoms with Crippen molar-refractivity contribution in [2.45, 2.75) is 13.8 Å². The normalized spacial score (nSPS) is 10.2. The minimum Gasteiger partial charge on any atom is -0.366 e. The number of carbonyl (C=O) groups is 1. The van der Waals surface area contributed by atoms with Gasteiger partial charge in [0.05, 0.1) is 0 Å². The topological polar surface area (TPSA) is 96.7 Å². The van der Waals surface area contributed by atoms with Gasteiger partial charge in [0.1, 0.15) is 0 Å². The summed E-state index contributed by atoms with van der Waals surface area (Å²) in [4.78, 5) is 15.6. The number of hydrogen-bond acceptors (Lipinski definition) is 4. The van der Waals surface area contributed by atoms with Crippen LogP contribution in [0.3, 0.4) is 0 Å². The molecule has 17 heavy (non-hydrogen) atoms.